The molecule has 0 radical (unpaired) electrons. The fourth-order valence-corrected chi connectivity index (χ4v) is 4.19. The predicted molar refractivity (Wildman–Crippen MR) is 106 cm³/mol. The molecule has 1 aromatic carbocycles. The maximum Gasteiger partial charge on any atom is 0.267 e. The smallest absolute Gasteiger partial charge is 0.267 e. The van der Waals surface area contributed by atoms with Crippen molar-refractivity contribution >= 4 is 28.6 Å². The van der Waals surface area contributed by atoms with Gasteiger partial charge in [-0.1, -0.05) is 30.0 Å². The zero-order valence-electron chi connectivity index (χ0n) is 15.1. The maximum atomic E-state index is 13.2. The van der Waals surface area contributed by atoms with Crippen molar-refractivity contribution in [3.05, 3.63) is 58.5 Å². The van der Waals surface area contributed by atoms with Gasteiger partial charge >= 0.3 is 0 Å². The van der Waals surface area contributed by atoms with Crippen LogP contribution in [0.25, 0.3) is 16.7 Å². The third-order valence-corrected chi connectivity index (χ3v) is 5.65. The fraction of sp³-hybridized carbons (Fsp3) is 0.300. The average molecular weight is 380 g/mol. The molecule has 0 spiro atoms. The molecule has 0 aliphatic carbocycles. The van der Waals surface area contributed by atoms with Gasteiger partial charge in [-0.05, 0) is 43.5 Å². The van der Waals surface area contributed by atoms with Gasteiger partial charge in [-0.2, -0.15) is 0 Å². The van der Waals surface area contributed by atoms with E-state index in [1.54, 1.807) is 12.3 Å². The summed E-state index contributed by atoms with van der Waals surface area (Å²) in [6, 6.07) is 11.0. The highest BCUT2D eigenvalue weighted by Crippen LogP contribution is 2.23. The molecule has 27 heavy (non-hydrogen) atoms. The van der Waals surface area contributed by atoms with Crippen molar-refractivity contribution in [1.29, 1.82) is 0 Å². The molecule has 1 fully saturated rings. The number of likely N-dealkylation sites (tertiary alicyclic amines) is 1. The summed E-state index contributed by atoms with van der Waals surface area (Å²) in [6.45, 7) is 3.54. The standard InChI is InChI=1S/C20H20N4O2S/c1-14-7-6-10-21-18(14)24-19(26)15-8-2-3-9-16(15)22-20(24)27-13-17(25)23-11-4-5-12-23/h2-3,6-10H,4-5,11-13H2,1H3. The van der Waals surface area contributed by atoms with Gasteiger partial charge in [0.25, 0.3) is 5.56 Å². The molecule has 1 aliphatic heterocycles. The number of para-hydroxylation sites is 1. The second-order valence-electron chi connectivity index (χ2n) is 6.57. The number of benzene rings is 1. The number of aryl methyl sites for hydroxylation is 1. The summed E-state index contributed by atoms with van der Waals surface area (Å²) in [6.07, 6.45) is 3.78. The summed E-state index contributed by atoms with van der Waals surface area (Å²) in [4.78, 5) is 36.6. The van der Waals surface area contributed by atoms with E-state index in [9.17, 15) is 9.59 Å². The molecule has 0 atom stereocenters. The molecule has 2 aromatic heterocycles. The summed E-state index contributed by atoms with van der Waals surface area (Å²) >= 11 is 1.30. The summed E-state index contributed by atoms with van der Waals surface area (Å²) in [5, 5.41) is 1.03. The van der Waals surface area contributed by atoms with E-state index in [0.29, 0.717) is 21.9 Å². The van der Waals surface area contributed by atoms with E-state index in [0.717, 1.165) is 31.5 Å². The average Bonchev–Trinajstić information content (AvgIpc) is 3.22. The third kappa shape index (κ3) is 3.47. The number of amides is 1. The highest BCUT2D eigenvalue weighted by atomic mass is 32.2. The van der Waals surface area contributed by atoms with Crippen LogP contribution in [0, 0.1) is 6.92 Å². The molecule has 0 saturated carbocycles. The first-order chi connectivity index (χ1) is 13.1. The summed E-state index contributed by atoms with van der Waals surface area (Å²) in [7, 11) is 0. The quantitative estimate of drug-likeness (QED) is 0.514. The van der Waals surface area contributed by atoms with Crippen LogP contribution in [-0.2, 0) is 4.79 Å². The van der Waals surface area contributed by atoms with Crippen LogP contribution in [0.4, 0.5) is 0 Å². The van der Waals surface area contributed by atoms with E-state index in [-0.39, 0.29) is 17.2 Å². The van der Waals surface area contributed by atoms with E-state index in [1.165, 1.54) is 16.3 Å². The lowest BCUT2D eigenvalue weighted by molar-refractivity contribution is -0.127. The highest BCUT2D eigenvalue weighted by Gasteiger charge is 2.20. The molecule has 138 valence electrons. The van der Waals surface area contributed by atoms with Gasteiger partial charge in [-0.15, -0.1) is 0 Å². The Labute approximate surface area is 161 Å². The lowest BCUT2D eigenvalue weighted by Crippen LogP contribution is -2.30. The van der Waals surface area contributed by atoms with Gasteiger partial charge in [0.2, 0.25) is 5.91 Å². The Bertz CT molecular complexity index is 1060. The van der Waals surface area contributed by atoms with Crippen molar-refractivity contribution in [3.63, 3.8) is 0 Å². The number of hydrogen-bond donors (Lipinski definition) is 0. The second kappa shape index (κ2) is 7.52. The molecule has 7 heteroatoms. The molecule has 0 unspecified atom stereocenters. The van der Waals surface area contributed by atoms with E-state index in [4.69, 9.17) is 0 Å². The number of thioether (sulfide) groups is 1. The minimum absolute atomic E-state index is 0.0872. The van der Waals surface area contributed by atoms with Crippen molar-refractivity contribution in [1.82, 2.24) is 19.4 Å². The number of carbonyl (C=O) groups excluding carboxylic acids is 1. The van der Waals surface area contributed by atoms with Crippen LogP contribution >= 0.6 is 11.8 Å². The van der Waals surface area contributed by atoms with Crippen LogP contribution < -0.4 is 5.56 Å². The number of fused-ring (bicyclic) bond motifs is 1. The number of carbonyl (C=O) groups is 1. The monoisotopic (exact) mass is 380 g/mol. The van der Waals surface area contributed by atoms with E-state index in [2.05, 4.69) is 9.97 Å². The Kier molecular flexibility index (Phi) is 4.94. The van der Waals surface area contributed by atoms with Gasteiger partial charge in [-0.25, -0.2) is 14.5 Å². The first-order valence-corrected chi connectivity index (χ1v) is 9.98. The van der Waals surface area contributed by atoms with Crippen LogP contribution in [0.15, 0.2) is 52.5 Å². The first kappa shape index (κ1) is 17.7. The van der Waals surface area contributed by atoms with Crippen LogP contribution in [-0.4, -0.2) is 44.2 Å². The number of aromatic nitrogens is 3. The van der Waals surface area contributed by atoms with Crippen molar-refractivity contribution in [3.8, 4) is 5.82 Å². The topological polar surface area (TPSA) is 68.1 Å². The van der Waals surface area contributed by atoms with Crippen LogP contribution in [0.2, 0.25) is 0 Å². The first-order valence-electron chi connectivity index (χ1n) is 8.99. The number of pyridine rings is 1. The fourth-order valence-electron chi connectivity index (χ4n) is 3.29. The van der Waals surface area contributed by atoms with Gasteiger partial charge in [0.05, 0.1) is 16.7 Å². The Hall–Kier alpha value is -2.67. The van der Waals surface area contributed by atoms with Crippen LogP contribution in [0.1, 0.15) is 18.4 Å². The molecular formula is C20H20N4O2S. The zero-order chi connectivity index (χ0) is 18.8. The number of rotatable bonds is 4. The van der Waals surface area contributed by atoms with Crippen LogP contribution in [0.5, 0.6) is 0 Å². The molecule has 0 N–H and O–H groups in total. The number of hydrogen-bond acceptors (Lipinski definition) is 5. The molecule has 3 aromatic rings. The van der Waals surface area contributed by atoms with E-state index in [1.807, 2.05) is 42.2 Å². The van der Waals surface area contributed by atoms with Gasteiger partial charge in [0.15, 0.2) is 5.16 Å². The molecule has 0 bridgehead atoms. The summed E-state index contributed by atoms with van der Waals surface area (Å²) in [5.74, 6) is 0.900. The summed E-state index contributed by atoms with van der Waals surface area (Å²) in [5.41, 5.74) is 1.34. The molecule has 4 rings (SSSR count). The maximum absolute atomic E-state index is 13.2. The Morgan fingerprint density at radius 2 is 1.93 bits per heavy atom. The molecule has 3 heterocycles. The molecular weight excluding hydrogens is 360 g/mol. The van der Waals surface area contributed by atoms with Gasteiger partial charge in [0, 0.05) is 19.3 Å². The normalized spacial score (nSPS) is 14.0. The van der Waals surface area contributed by atoms with Crippen LogP contribution in [0.3, 0.4) is 0 Å². The molecule has 1 saturated heterocycles. The number of nitrogens with zero attached hydrogens (tertiary/aromatic N) is 4. The Balaban J connectivity index is 1.78. The summed E-state index contributed by atoms with van der Waals surface area (Å²) < 4.78 is 1.53. The van der Waals surface area contributed by atoms with Crippen molar-refractivity contribution in [2.24, 2.45) is 0 Å². The molecule has 6 nitrogen and oxygen atoms in total. The van der Waals surface area contributed by atoms with Gasteiger partial charge in [-0.3, -0.25) is 9.59 Å². The van der Waals surface area contributed by atoms with Gasteiger partial charge < -0.3 is 4.90 Å². The Morgan fingerprint density at radius 3 is 2.70 bits per heavy atom. The van der Waals surface area contributed by atoms with E-state index < -0.39 is 0 Å². The molecule has 1 amide bonds. The highest BCUT2D eigenvalue weighted by molar-refractivity contribution is 7.99. The lowest BCUT2D eigenvalue weighted by atomic mass is 10.2. The Morgan fingerprint density at radius 1 is 1.15 bits per heavy atom. The van der Waals surface area contributed by atoms with Crippen molar-refractivity contribution in [2.75, 3.05) is 18.8 Å². The van der Waals surface area contributed by atoms with Crippen molar-refractivity contribution in [2.45, 2.75) is 24.9 Å². The minimum Gasteiger partial charge on any atom is -0.342 e. The third-order valence-electron chi connectivity index (χ3n) is 4.72. The lowest BCUT2D eigenvalue weighted by Gasteiger charge is -2.16. The minimum atomic E-state index is -0.168. The predicted octanol–water partition coefficient (Wildman–Crippen LogP) is 2.80. The zero-order valence-corrected chi connectivity index (χ0v) is 15.9. The SMILES string of the molecule is Cc1cccnc1-n1c(SCC(=O)N2CCCC2)nc2ccccc2c1=O. The molecule has 1 aliphatic rings. The largest absolute Gasteiger partial charge is 0.342 e. The van der Waals surface area contributed by atoms with E-state index >= 15 is 0 Å². The van der Waals surface area contributed by atoms with Crippen molar-refractivity contribution < 1.29 is 4.79 Å². The van der Waals surface area contributed by atoms with Gasteiger partial charge in [0.1, 0.15) is 5.82 Å². The second-order valence-corrected chi connectivity index (χ2v) is 7.52.